The summed E-state index contributed by atoms with van der Waals surface area (Å²) in [5, 5.41) is -0.174. The fourth-order valence-electron chi connectivity index (χ4n) is 2.73. The molecule has 0 aliphatic heterocycles. The van der Waals surface area contributed by atoms with Gasteiger partial charge in [0.2, 0.25) is 5.24 Å². The number of carbonyl (C=O) groups excluding carboxylic acids is 1. The predicted molar refractivity (Wildman–Crippen MR) is 94.4 cm³/mol. The molecule has 0 aromatic heterocycles. The molecule has 20 heavy (non-hydrogen) atoms. The SMILES string of the molecule is CCCCCCCCCC[Si](C)(C)CCCCC(=O)Cl. The molecule has 0 saturated carbocycles. The Bertz CT molecular complexity index is 241. The molecule has 120 valence electrons. The molecule has 0 spiro atoms. The second kappa shape index (κ2) is 12.9. The van der Waals surface area contributed by atoms with E-state index in [2.05, 4.69) is 20.0 Å². The van der Waals surface area contributed by atoms with Gasteiger partial charge < -0.3 is 0 Å². The molecule has 0 radical (unpaired) electrons. The summed E-state index contributed by atoms with van der Waals surface area (Å²) in [6, 6.07) is 2.81. The Morgan fingerprint density at radius 3 is 1.75 bits per heavy atom. The average Bonchev–Trinajstić information content (AvgIpc) is 2.38. The van der Waals surface area contributed by atoms with Gasteiger partial charge in [-0.15, -0.1) is 0 Å². The lowest BCUT2D eigenvalue weighted by molar-refractivity contribution is -0.111. The number of rotatable bonds is 14. The lowest BCUT2D eigenvalue weighted by Gasteiger charge is -2.22. The zero-order chi connectivity index (χ0) is 15.3. The van der Waals surface area contributed by atoms with E-state index >= 15 is 0 Å². The van der Waals surface area contributed by atoms with Gasteiger partial charge in [0.15, 0.2) is 0 Å². The van der Waals surface area contributed by atoms with Gasteiger partial charge in [0, 0.05) is 14.5 Å². The van der Waals surface area contributed by atoms with Crippen molar-refractivity contribution < 1.29 is 4.79 Å². The largest absolute Gasteiger partial charge is 0.281 e. The first-order valence-corrected chi connectivity index (χ1v) is 12.5. The Labute approximate surface area is 132 Å². The molecule has 0 fully saturated rings. The summed E-state index contributed by atoms with van der Waals surface area (Å²) in [6.07, 6.45) is 14.0. The highest BCUT2D eigenvalue weighted by Gasteiger charge is 2.19. The number of hydrogen-bond donors (Lipinski definition) is 0. The molecule has 0 atom stereocenters. The minimum atomic E-state index is -1.01. The van der Waals surface area contributed by atoms with Crippen molar-refractivity contribution in [2.24, 2.45) is 0 Å². The van der Waals surface area contributed by atoms with E-state index in [0.29, 0.717) is 6.42 Å². The molecule has 0 unspecified atom stereocenters. The fraction of sp³-hybridized carbons (Fsp3) is 0.941. The maximum atomic E-state index is 10.7. The summed E-state index contributed by atoms with van der Waals surface area (Å²) in [7, 11) is -1.01. The van der Waals surface area contributed by atoms with E-state index in [1.807, 2.05) is 0 Å². The van der Waals surface area contributed by atoms with Crippen molar-refractivity contribution in [2.45, 2.75) is 103 Å². The molecule has 0 N–H and O–H groups in total. The Hall–Kier alpha value is 0.177. The standard InChI is InChI=1S/C17H35ClOSi/c1-4-5-6-7-8-9-10-12-15-20(2,3)16-13-11-14-17(18)19/h4-16H2,1-3H3. The maximum Gasteiger partial charge on any atom is 0.221 e. The molecule has 0 aromatic carbocycles. The quantitative estimate of drug-likeness (QED) is 0.196. The van der Waals surface area contributed by atoms with Gasteiger partial charge in [-0.1, -0.05) is 89.9 Å². The molecule has 0 saturated heterocycles. The molecule has 0 aromatic rings. The highest BCUT2D eigenvalue weighted by molar-refractivity contribution is 6.77. The van der Waals surface area contributed by atoms with Gasteiger partial charge in [-0.25, -0.2) is 0 Å². The third kappa shape index (κ3) is 14.6. The first-order valence-electron chi connectivity index (χ1n) is 8.66. The van der Waals surface area contributed by atoms with Crippen LogP contribution in [0.2, 0.25) is 25.2 Å². The van der Waals surface area contributed by atoms with Gasteiger partial charge in [0.05, 0.1) is 0 Å². The van der Waals surface area contributed by atoms with E-state index in [-0.39, 0.29) is 5.24 Å². The van der Waals surface area contributed by atoms with Crippen LogP contribution in [0.15, 0.2) is 0 Å². The van der Waals surface area contributed by atoms with Gasteiger partial charge in [-0.2, -0.15) is 0 Å². The van der Waals surface area contributed by atoms with E-state index in [1.165, 1.54) is 69.9 Å². The first kappa shape index (κ1) is 20.2. The summed E-state index contributed by atoms with van der Waals surface area (Å²) in [6.45, 7) is 7.27. The lowest BCUT2D eigenvalue weighted by atomic mass is 10.1. The topological polar surface area (TPSA) is 17.1 Å². The second-order valence-corrected chi connectivity index (χ2v) is 12.7. The molecular weight excluding hydrogens is 284 g/mol. The van der Waals surface area contributed by atoms with Crippen LogP contribution >= 0.6 is 11.6 Å². The third-order valence-corrected chi connectivity index (χ3v) is 7.79. The number of hydrogen-bond acceptors (Lipinski definition) is 1. The zero-order valence-electron chi connectivity index (χ0n) is 14.0. The fourth-order valence-corrected chi connectivity index (χ4v) is 5.53. The van der Waals surface area contributed by atoms with Crippen molar-refractivity contribution in [1.29, 1.82) is 0 Å². The molecular formula is C17H35ClOSi. The number of unbranched alkanes of at least 4 members (excludes halogenated alkanes) is 8. The normalized spacial score (nSPS) is 11.8. The highest BCUT2D eigenvalue weighted by Crippen LogP contribution is 2.23. The van der Waals surface area contributed by atoms with Crippen LogP contribution in [0.1, 0.15) is 77.6 Å². The van der Waals surface area contributed by atoms with Gasteiger partial charge in [0.1, 0.15) is 0 Å². The highest BCUT2D eigenvalue weighted by atomic mass is 35.5. The summed E-state index contributed by atoms with van der Waals surface area (Å²) in [5.41, 5.74) is 0. The Morgan fingerprint density at radius 1 is 0.800 bits per heavy atom. The van der Waals surface area contributed by atoms with Crippen LogP contribution in [-0.2, 0) is 4.79 Å². The van der Waals surface area contributed by atoms with Crippen LogP contribution < -0.4 is 0 Å². The van der Waals surface area contributed by atoms with Crippen molar-refractivity contribution in [3.8, 4) is 0 Å². The van der Waals surface area contributed by atoms with E-state index in [9.17, 15) is 4.79 Å². The molecule has 0 amide bonds. The zero-order valence-corrected chi connectivity index (χ0v) is 15.7. The van der Waals surface area contributed by atoms with Crippen molar-refractivity contribution in [2.75, 3.05) is 0 Å². The van der Waals surface area contributed by atoms with Crippen LogP contribution in [0.4, 0.5) is 0 Å². The molecule has 0 heterocycles. The minimum Gasteiger partial charge on any atom is -0.281 e. The van der Waals surface area contributed by atoms with Crippen LogP contribution in [0, 0.1) is 0 Å². The molecule has 0 rings (SSSR count). The Kier molecular flexibility index (Phi) is 13.0. The molecule has 3 heteroatoms. The lowest BCUT2D eigenvalue weighted by Crippen LogP contribution is -2.24. The monoisotopic (exact) mass is 318 g/mol. The summed E-state index contributed by atoms with van der Waals surface area (Å²) < 4.78 is 0. The first-order chi connectivity index (χ1) is 9.48. The van der Waals surface area contributed by atoms with Crippen LogP contribution in [-0.4, -0.2) is 13.3 Å². The molecule has 0 bridgehead atoms. The van der Waals surface area contributed by atoms with E-state index in [0.717, 1.165) is 6.42 Å². The number of halogens is 1. The number of carbonyl (C=O) groups is 1. The maximum absolute atomic E-state index is 10.7. The van der Waals surface area contributed by atoms with Crippen molar-refractivity contribution in [3.63, 3.8) is 0 Å². The van der Waals surface area contributed by atoms with Gasteiger partial charge >= 0.3 is 0 Å². The van der Waals surface area contributed by atoms with E-state index in [4.69, 9.17) is 11.6 Å². The summed E-state index contributed by atoms with van der Waals surface area (Å²) in [4.78, 5) is 10.7. The van der Waals surface area contributed by atoms with E-state index < -0.39 is 8.07 Å². The average molecular weight is 319 g/mol. The van der Waals surface area contributed by atoms with Crippen molar-refractivity contribution in [1.82, 2.24) is 0 Å². The third-order valence-electron chi connectivity index (χ3n) is 4.18. The molecule has 1 nitrogen and oxygen atoms in total. The summed E-state index contributed by atoms with van der Waals surface area (Å²) >= 11 is 5.36. The molecule has 0 aliphatic rings. The van der Waals surface area contributed by atoms with Gasteiger partial charge in [0.25, 0.3) is 0 Å². The van der Waals surface area contributed by atoms with Crippen molar-refractivity contribution >= 4 is 24.9 Å². The van der Waals surface area contributed by atoms with Crippen LogP contribution in [0.5, 0.6) is 0 Å². The Morgan fingerprint density at radius 2 is 1.25 bits per heavy atom. The summed E-state index contributed by atoms with van der Waals surface area (Å²) in [5.74, 6) is 0. The smallest absolute Gasteiger partial charge is 0.221 e. The van der Waals surface area contributed by atoms with E-state index in [1.54, 1.807) is 0 Å². The van der Waals surface area contributed by atoms with Gasteiger partial charge in [-0.3, -0.25) is 4.79 Å². The van der Waals surface area contributed by atoms with Gasteiger partial charge in [-0.05, 0) is 18.0 Å². The van der Waals surface area contributed by atoms with Crippen molar-refractivity contribution in [3.05, 3.63) is 0 Å². The molecule has 0 aliphatic carbocycles. The second-order valence-electron chi connectivity index (χ2n) is 6.95. The predicted octanol–water partition coefficient (Wildman–Crippen LogP) is 6.77. The minimum absolute atomic E-state index is 0.174. The van der Waals surface area contributed by atoms with Crippen LogP contribution in [0.25, 0.3) is 0 Å². The Balaban J connectivity index is 3.40. The van der Waals surface area contributed by atoms with Crippen LogP contribution in [0.3, 0.4) is 0 Å².